The van der Waals surface area contributed by atoms with Crippen LogP contribution >= 0.6 is 0 Å². The second-order valence-corrected chi connectivity index (χ2v) is 8.53. The third-order valence-corrected chi connectivity index (χ3v) is 7.73. The molecule has 124 valence electrons. The molecule has 5 aliphatic rings. The molecule has 2 spiro atoms. The molecule has 0 amide bonds. The Balaban J connectivity index is 1.94. The minimum Gasteiger partial charge on any atom is -0.457 e. The smallest absolute Gasteiger partial charge is 0.306 e. The van der Waals surface area contributed by atoms with E-state index in [2.05, 4.69) is 27.0 Å². The highest BCUT2D eigenvalue weighted by Gasteiger charge is 2.76. The summed E-state index contributed by atoms with van der Waals surface area (Å²) in [5, 5.41) is 0. The van der Waals surface area contributed by atoms with Gasteiger partial charge >= 0.3 is 5.97 Å². The molecule has 3 nitrogen and oxygen atoms in total. The molecule has 0 aromatic carbocycles. The van der Waals surface area contributed by atoms with E-state index in [1.165, 1.54) is 0 Å². The van der Waals surface area contributed by atoms with Gasteiger partial charge in [-0.25, -0.2) is 0 Å². The third kappa shape index (κ3) is 1.52. The number of hydrogen-bond acceptors (Lipinski definition) is 3. The van der Waals surface area contributed by atoms with E-state index in [0.717, 1.165) is 49.7 Å². The maximum Gasteiger partial charge on any atom is 0.306 e. The molecule has 1 aliphatic heterocycles. The van der Waals surface area contributed by atoms with Gasteiger partial charge < -0.3 is 4.74 Å². The predicted molar refractivity (Wildman–Crippen MR) is 87.6 cm³/mol. The largest absolute Gasteiger partial charge is 0.457 e. The normalized spacial score (nSPS) is 48.5. The van der Waals surface area contributed by atoms with Gasteiger partial charge in [-0.05, 0) is 62.9 Å². The fourth-order valence-corrected chi connectivity index (χ4v) is 6.59. The van der Waals surface area contributed by atoms with Gasteiger partial charge in [-0.1, -0.05) is 25.7 Å². The van der Waals surface area contributed by atoms with E-state index >= 15 is 0 Å². The molecule has 5 atom stereocenters. The van der Waals surface area contributed by atoms with E-state index in [1.54, 1.807) is 0 Å². The van der Waals surface area contributed by atoms with Gasteiger partial charge in [0.25, 0.3) is 0 Å². The number of Topliss-reactive ketones (excluding diaryl/α,β-unsaturated/α-hetero) is 1. The van der Waals surface area contributed by atoms with Gasteiger partial charge in [0, 0.05) is 11.8 Å². The molecule has 5 fully saturated rings. The molecule has 4 aliphatic carbocycles. The standard InChI is InChI=1S/C20H26O3/c1-12(2)15-6-10-19-9-5-14(13(3)17(19)22)11-20(19)18(15,4)8-7-16(21)23-20/h14-15H,1,3,5-11H2,2,4H3/t14-,15+,18+,19+,20?/m1/s1. The van der Waals surface area contributed by atoms with Crippen LogP contribution in [-0.4, -0.2) is 17.4 Å². The monoisotopic (exact) mass is 314 g/mol. The van der Waals surface area contributed by atoms with Crippen LogP contribution in [0.25, 0.3) is 0 Å². The lowest BCUT2D eigenvalue weighted by atomic mass is 9.37. The zero-order valence-electron chi connectivity index (χ0n) is 14.2. The summed E-state index contributed by atoms with van der Waals surface area (Å²) in [7, 11) is 0. The highest BCUT2D eigenvalue weighted by molar-refractivity contribution is 6.03. The molecule has 0 radical (unpaired) electrons. The molecule has 5 rings (SSSR count). The van der Waals surface area contributed by atoms with E-state index < -0.39 is 11.0 Å². The number of ketones is 1. The number of rotatable bonds is 1. The molecule has 1 heterocycles. The predicted octanol–water partition coefficient (Wildman–Crippen LogP) is 3.98. The number of allylic oxidation sites excluding steroid dienone is 2. The fourth-order valence-electron chi connectivity index (χ4n) is 6.59. The van der Waals surface area contributed by atoms with E-state index in [1.807, 2.05) is 0 Å². The number of hydrogen-bond donors (Lipinski definition) is 0. The van der Waals surface area contributed by atoms with Crippen molar-refractivity contribution in [1.82, 2.24) is 0 Å². The van der Waals surface area contributed by atoms with Gasteiger partial charge in [-0.15, -0.1) is 0 Å². The second kappa shape index (κ2) is 4.37. The first-order valence-corrected chi connectivity index (χ1v) is 8.88. The lowest BCUT2D eigenvalue weighted by Crippen LogP contribution is -2.74. The maximum atomic E-state index is 13.2. The second-order valence-electron chi connectivity index (χ2n) is 8.53. The molecule has 0 N–H and O–H groups in total. The Morgan fingerprint density at radius 3 is 2.61 bits per heavy atom. The van der Waals surface area contributed by atoms with Crippen LogP contribution < -0.4 is 0 Å². The Kier molecular flexibility index (Phi) is 2.88. The number of fused-ring (bicyclic) bond motifs is 2. The molecular formula is C20H26O3. The van der Waals surface area contributed by atoms with Crippen LogP contribution in [0.5, 0.6) is 0 Å². The maximum absolute atomic E-state index is 13.2. The molecular weight excluding hydrogens is 288 g/mol. The van der Waals surface area contributed by atoms with Crippen molar-refractivity contribution in [3.05, 3.63) is 24.3 Å². The van der Waals surface area contributed by atoms with Crippen LogP contribution in [0, 0.1) is 22.7 Å². The van der Waals surface area contributed by atoms with Gasteiger partial charge in [0.2, 0.25) is 0 Å². The Hall–Kier alpha value is -1.38. The Morgan fingerprint density at radius 1 is 1.22 bits per heavy atom. The van der Waals surface area contributed by atoms with Crippen LogP contribution in [0.4, 0.5) is 0 Å². The van der Waals surface area contributed by atoms with E-state index in [9.17, 15) is 9.59 Å². The van der Waals surface area contributed by atoms with Gasteiger partial charge in [-0.3, -0.25) is 9.59 Å². The highest BCUT2D eigenvalue weighted by atomic mass is 16.6. The Morgan fingerprint density at radius 2 is 1.91 bits per heavy atom. The quantitative estimate of drug-likeness (QED) is 0.418. The minimum atomic E-state index is -0.640. The van der Waals surface area contributed by atoms with Gasteiger partial charge in [-0.2, -0.15) is 0 Å². The zero-order chi connectivity index (χ0) is 16.6. The van der Waals surface area contributed by atoms with Crippen LogP contribution in [0.3, 0.4) is 0 Å². The van der Waals surface area contributed by atoms with Crippen molar-refractivity contribution < 1.29 is 14.3 Å². The van der Waals surface area contributed by atoms with Crippen molar-refractivity contribution in [2.24, 2.45) is 22.7 Å². The van der Waals surface area contributed by atoms with Crippen LogP contribution in [0.15, 0.2) is 24.3 Å². The first-order valence-electron chi connectivity index (χ1n) is 8.88. The molecule has 1 saturated heterocycles. The number of carbonyl (C=O) groups is 2. The summed E-state index contributed by atoms with van der Waals surface area (Å²) >= 11 is 0. The minimum absolute atomic E-state index is 0.129. The SMILES string of the molecule is C=C1C(=O)[C@@]23CC[C@@H]1CC21OC(=O)CC[C@@]1(C)[C@H](C(=C)C)CC3. The first-order chi connectivity index (χ1) is 10.8. The van der Waals surface area contributed by atoms with E-state index in [4.69, 9.17) is 4.74 Å². The zero-order valence-corrected chi connectivity index (χ0v) is 14.2. The number of esters is 1. The van der Waals surface area contributed by atoms with Crippen LogP contribution in [-0.2, 0) is 14.3 Å². The van der Waals surface area contributed by atoms with E-state index in [-0.39, 0.29) is 23.1 Å². The summed E-state index contributed by atoms with van der Waals surface area (Å²) in [5.41, 5.74) is 0.584. The molecule has 2 bridgehead atoms. The van der Waals surface area contributed by atoms with Gasteiger partial charge in [0.15, 0.2) is 5.78 Å². The van der Waals surface area contributed by atoms with Crippen molar-refractivity contribution in [1.29, 1.82) is 0 Å². The molecule has 0 aromatic rings. The van der Waals surface area contributed by atoms with Crippen molar-refractivity contribution in [2.75, 3.05) is 0 Å². The summed E-state index contributed by atoms with van der Waals surface area (Å²) in [6.07, 6.45) is 5.67. The average Bonchev–Trinajstić information content (AvgIpc) is 2.50. The molecule has 23 heavy (non-hydrogen) atoms. The molecule has 1 unspecified atom stereocenters. The number of carbonyl (C=O) groups excluding carboxylic acids is 2. The first kappa shape index (κ1) is 15.2. The topological polar surface area (TPSA) is 43.4 Å². The van der Waals surface area contributed by atoms with Crippen molar-refractivity contribution in [3.63, 3.8) is 0 Å². The summed E-state index contributed by atoms with van der Waals surface area (Å²) < 4.78 is 6.17. The van der Waals surface area contributed by atoms with Gasteiger partial charge in [0.05, 0.1) is 5.41 Å². The van der Waals surface area contributed by atoms with Crippen molar-refractivity contribution in [3.8, 4) is 0 Å². The molecule has 3 heteroatoms. The van der Waals surface area contributed by atoms with Crippen molar-refractivity contribution in [2.45, 2.75) is 64.4 Å². The fraction of sp³-hybridized carbons (Fsp3) is 0.700. The highest BCUT2D eigenvalue weighted by Crippen LogP contribution is 2.72. The van der Waals surface area contributed by atoms with Gasteiger partial charge in [0.1, 0.15) is 5.60 Å². The lowest BCUT2D eigenvalue weighted by molar-refractivity contribution is -0.270. The van der Waals surface area contributed by atoms with Crippen LogP contribution in [0.2, 0.25) is 0 Å². The third-order valence-electron chi connectivity index (χ3n) is 7.73. The molecule has 0 aromatic heterocycles. The molecule has 4 saturated carbocycles. The summed E-state index contributed by atoms with van der Waals surface area (Å²) in [6.45, 7) is 12.6. The Labute approximate surface area is 138 Å². The Bertz CT molecular complexity index is 647. The van der Waals surface area contributed by atoms with Crippen molar-refractivity contribution >= 4 is 11.8 Å². The van der Waals surface area contributed by atoms with Crippen LogP contribution in [0.1, 0.15) is 58.8 Å². The summed E-state index contributed by atoms with van der Waals surface area (Å²) in [4.78, 5) is 25.5. The van der Waals surface area contributed by atoms with E-state index in [0.29, 0.717) is 12.3 Å². The summed E-state index contributed by atoms with van der Waals surface area (Å²) in [6, 6.07) is 0. The average molecular weight is 314 g/mol. The summed E-state index contributed by atoms with van der Waals surface area (Å²) in [5.74, 6) is 0.552. The lowest BCUT2D eigenvalue weighted by Gasteiger charge is -2.70. The number of ether oxygens (including phenoxy) is 1.